The molecular formula is C17H24N2S. The molecule has 0 amide bonds. The maximum Gasteiger partial charge on any atom is 0.0340 e. The number of anilines is 1. The summed E-state index contributed by atoms with van der Waals surface area (Å²) in [6.45, 7) is 8.68. The fraction of sp³-hybridized carbons (Fsp3) is 0.412. The zero-order valence-electron chi connectivity index (χ0n) is 12.4. The Labute approximate surface area is 126 Å². The third-order valence-electron chi connectivity index (χ3n) is 3.54. The van der Waals surface area contributed by atoms with Gasteiger partial charge in [-0.05, 0) is 48.7 Å². The van der Waals surface area contributed by atoms with Crippen molar-refractivity contribution in [1.82, 2.24) is 4.90 Å². The highest BCUT2D eigenvalue weighted by atomic mass is 32.1. The first-order valence-corrected chi connectivity index (χ1v) is 8.27. The topological polar surface area (TPSA) is 15.3 Å². The fourth-order valence-electron chi connectivity index (χ4n) is 2.22. The summed E-state index contributed by atoms with van der Waals surface area (Å²) in [4.78, 5) is 3.87. The van der Waals surface area contributed by atoms with Gasteiger partial charge >= 0.3 is 0 Å². The molecule has 0 aliphatic heterocycles. The van der Waals surface area contributed by atoms with E-state index in [0.29, 0.717) is 0 Å². The third kappa shape index (κ3) is 4.66. The van der Waals surface area contributed by atoms with E-state index in [9.17, 15) is 0 Å². The minimum absolute atomic E-state index is 0.996. The van der Waals surface area contributed by atoms with E-state index in [-0.39, 0.29) is 0 Å². The maximum atomic E-state index is 3.48. The zero-order valence-corrected chi connectivity index (χ0v) is 13.2. The first-order valence-electron chi connectivity index (χ1n) is 7.39. The Hall–Kier alpha value is -1.32. The first-order chi connectivity index (χ1) is 9.81. The Balaban J connectivity index is 1.79. The number of hydrogen-bond donors (Lipinski definition) is 1. The largest absolute Gasteiger partial charge is 0.385 e. The van der Waals surface area contributed by atoms with Gasteiger partial charge in [-0.15, -0.1) is 11.3 Å². The van der Waals surface area contributed by atoms with Gasteiger partial charge in [0.1, 0.15) is 0 Å². The Morgan fingerprint density at radius 1 is 1.05 bits per heavy atom. The molecule has 1 aromatic heterocycles. The lowest BCUT2D eigenvalue weighted by atomic mass is 10.2. The molecule has 108 valence electrons. The van der Waals surface area contributed by atoms with Gasteiger partial charge in [-0.25, -0.2) is 0 Å². The highest BCUT2D eigenvalue weighted by Crippen LogP contribution is 2.13. The van der Waals surface area contributed by atoms with Gasteiger partial charge in [-0.3, -0.25) is 4.90 Å². The molecular weight excluding hydrogens is 264 g/mol. The molecule has 2 rings (SSSR count). The van der Waals surface area contributed by atoms with E-state index in [4.69, 9.17) is 0 Å². The Kier molecular flexibility index (Phi) is 6.09. The second-order valence-electron chi connectivity index (χ2n) is 4.91. The average Bonchev–Trinajstić information content (AvgIpc) is 2.99. The van der Waals surface area contributed by atoms with Gasteiger partial charge in [0.2, 0.25) is 0 Å². The van der Waals surface area contributed by atoms with Crippen LogP contribution in [0.15, 0.2) is 41.8 Å². The van der Waals surface area contributed by atoms with Crippen LogP contribution in [0.1, 0.15) is 24.3 Å². The van der Waals surface area contributed by atoms with Gasteiger partial charge in [0.25, 0.3) is 0 Å². The average molecular weight is 288 g/mol. The van der Waals surface area contributed by atoms with Crippen molar-refractivity contribution in [1.29, 1.82) is 0 Å². The summed E-state index contributed by atoms with van der Waals surface area (Å²) in [7, 11) is 0. The van der Waals surface area contributed by atoms with Crippen molar-refractivity contribution in [2.24, 2.45) is 0 Å². The number of thiophene rings is 1. The highest BCUT2D eigenvalue weighted by molar-refractivity contribution is 7.09. The van der Waals surface area contributed by atoms with Gasteiger partial charge in [-0.1, -0.05) is 32.0 Å². The van der Waals surface area contributed by atoms with E-state index in [1.54, 1.807) is 0 Å². The van der Waals surface area contributed by atoms with E-state index in [2.05, 4.69) is 65.8 Å². The molecule has 0 unspecified atom stereocenters. The van der Waals surface area contributed by atoms with Crippen LogP contribution in [0.3, 0.4) is 0 Å². The maximum absolute atomic E-state index is 3.48. The second-order valence-corrected chi connectivity index (χ2v) is 5.95. The van der Waals surface area contributed by atoms with Crippen LogP contribution in [-0.4, -0.2) is 24.5 Å². The van der Waals surface area contributed by atoms with E-state index >= 15 is 0 Å². The van der Waals surface area contributed by atoms with Gasteiger partial charge in [0.05, 0.1) is 0 Å². The Morgan fingerprint density at radius 3 is 2.40 bits per heavy atom. The lowest BCUT2D eigenvalue weighted by Gasteiger charge is -2.18. The van der Waals surface area contributed by atoms with E-state index < -0.39 is 0 Å². The quantitative estimate of drug-likeness (QED) is 0.781. The van der Waals surface area contributed by atoms with Crippen LogP contribution in [0.25, 0.3) is 0 Å². The molecule has 0 aliphatic carbocycles. The second kappa shape index (κ2) is 8.08. The molecule has 0 saturated carbocycles. The van der Waals surface area contributed by atoms with Crippen molar-refractivity contribution in [2.45, 2.75) is 26.8 Å². The predicted molar refractivity (Wildman–Crippen MR) is 89.6 cm³/mol. The van der Waals surface area contributed by atoms with Crippen LogP contribution in [0, 0.1) is 0 Å². The van der Waals surface area contributed by atoms with E-state index in [1.807, 2.05) is 11.3 Å². The molecule has 0 fully saturated rings. The third-order valence-corrected chi connectivity index (χ3v) is 4.47. The van der Waals surface area contributed by atoms with Gasteiger partial charge in [0, 0.05) is 23.7 Å². The Bertz CT molecular complexity index is 472. The molecule has 0 saturated heterocycles. The zero-order chi connectivity index (χ0) is 14.2. The highest BCUT2D eigenvalue weighted by Gasteiger charge is 2.01. The predicted octanol–water partition coefficient (Wildman–Crippen LogP) is 4.24. The standard InChI is InChI=1S/C17H24N2S/c1-3-19(4-2)14-15-7-9-16(10-8-15)18-12-11-17-6-5-13-20-17/h5-10,13,18H,3-4,11-12,14H2,1-2H3. The van der Waals surface area contributed by atoms with Gasteiger partial charge < -0.3 is 5.32 Å². The summed E-state index contributed by atoms with van der Waals surface area (Å²) in [5.41, 5.74) is 2.60. The molecule has 2 nitrogen and oxygen atoms in total. The number of benzene rings is 1. The van der Waals surface area contributed by atoms with Gasteiger partial charge in [0.15, 0.2) is 0 Å². The molecule has 0 bridgehead atoms. The Morgan fingerprint density at radius 2 is 1.80 bits per heavy atom. The van der Waals surface area contributed by atoms with Crippen LogP contribution < -0.4 is 5.32 Å². The lowest BCUT2D eigenvalue weighted by molar-refractivity contribution is 0.296. The van der Waals surface area contributed by atoms with Crippen molar-refractivity contribution < 1.29 is 0 Å². The van der Waals surface area contributed by atoms with Crippen LogP contribution in [-0.2, 0) is 13.0 Å². The molecule has 3 heteroatoms. The van der Waals surface area contributed by atoms with Crippen LogP contribution in [0.5, 0.6) is 0 Å². The number of nitrogens with zero attached hydrogens (tertiary/aromatic N) is 1. The number of hydrogen-bond acceptors (Lipinski definition) is 3. The number of nitrogens with one attached hydrogen (secondary N) is 1. The summed E-state index contributed by atoms with van der Waals surface area (Å²) in [5, 5.41) is 5.62. The van der Waals surface area contributed by atoms with Crippen LogP contribution in [0.2, 0.25) is 0 Å². The molecule has 0 spiro atoms. The normalized spacial score (nSPS) is 10.9. The van der Waals surface area contributed by atoms with E-state index in [0.717, 1.165) is 32.6 Å². The summed E-state index contributed by atoms with van der Waals surface area (Å²) >= 11 is 1.83. The summed E-state index contributed by atoms with van der Waals surface area (Å²) in [6, 6.07) is 13.1. The number of rotatable bonds is 8. The molecule has 1 heterocycles. The summed E-state index contributed by atoms with van der Waals surface area (Å²) < 4.78 is 0. The molecule has 20 heavy (non-hydrogen) atoms. The van der Waals surface area contributed by atoms with Crippen LogP contribution in [0.4, 0.5) is 5.69 Å². The molecule has 1 N–H and O–H groups in total. The molecule has 0 aliphatic rings. The fourth-order valence-corrected chi connectivity index (χ4v) is 2.93. The first kappa shape index (κ1) is 15.1. The van der Waals surface area contributed by atoms with Crippen molar-refractivity contribution in [3.8, 4) is 0 Å². The summed E-state index contributed by atoms with van der Waals surface area (Å²) in [5.74, 6) is 0. The van der Waals surface area contributed by atoms with Crippen LogP contribution >= 0.6 is 11.3 Å². The van der Waals surface area contributed by atoms with Crippen molar-refractivity contribution >= 4 is 17.0 Å². The molecule has 0 atom stereocenters. The molecule has 1 aromatic carbocycles. The molecule has 2 aromatic rings. The van der Waals surface area contributed by atoms with Crippen molar-refractivity contribution in [3.63, 3.8) is 0 Å². The lowest BCUT2D eigenvalue weighted by Crippen LogP contribution is -2.22. The van der Waals surface area contributed by atoms with Crippen molar-refractivity contribution in [3.05, 3.63) is 52.2 Å². The SMILES string of the molecule is CCN(CC)Cc1ccc(NCCc2cccs2)cc1. The minimum atomic E-state index is 0.996. The van der Waals surface area contributed by atoms with E-state index in [1.165, 1.54) is 16.1 Å². The smallest absolute Gasteiger partial charge is 0.0340 e. The minimum Gasteiger partial charge on any atom is -0.385 e. The van der Waals surface area contributed by atoms with Gasteiger partial charge in [-0.2, -0.15) is 0 Å². The monoisotopic (exact) mass is 288 g/mol. The summed E-state index contributed by atoms with van der Waals surface area (Å²) in [6.07, 6.45) is 1.10. The van der Waals surface area contributed by atoms with Crippen molar-refractivity contribution in [2.75, 3.05) is 25.0 Å². The molecule has 0 radical (unpaired) electrons.